The highest BCUT2D eigenvalue weighted by Gasteiger charge is 2.12. The standard InChI is InChI=1S/C21H19NO4/c1-12-8-14(4-7-19(23)26-3)9-13(2)20(12)18-10-15-5-6-16(21(24)25)11-17(15)22-18/h4-11,22H,1-3H3,(H,24,25). The number of aromatic nitrogens is 1. The van der Waals surface area contributed by atoms with E-state index in [0.29, 0.717) is 0 Å². The maximum atomic E-state index is 11.3. The molecule has 3 rings (SSSR count). The third kappa shape index (κ3) is 3.37. The molecule has 0 aliphatic carbocycles. The Kier molecular flexibility index (Phi) is 4.63. The number of carboxylic acid groups (broad SMARTS) is 1. The molecule has 0 aliphatic heterocycles. The van der Waals surface area contributed by atoms with E-state index in [1.807, 2.05) is 32.0 Å². The van der Waals surface area contributed by atoms with E-state index in [9.17, 15) is 9.59 Å². The zero-order chi connectivity index (χ0) is 18.8. The number of ether oxygens (including phenoxy) is 1. The molecule has 0 spiro atoms. The summed E-state index contributed by atoms with van der Waals surface area (Å²) in [6.45, 7) is 4.01. The molecule has 0 saturated heterocycles. The minimum Gasteiger partial charge on any atom is -0.478 e. The number of hydrogen-bond donors (Lipinski definition) is 2. The number of hydrogen-bond acceptors (Lipinski definition) is 3. The predicted molar refractivity (Wildman–Crippen MR) is 101 cm³/mol. The van der Waals surface area contributed by atoms with Crippen LogP contribution in [0.1, 0.15) is 27.0 Å². The van der Waals surface area contributed by atoms with Crippen LogP contribution in [0.4, 0.5) is 0 Å². The zero-order valence-corrected chi connectivity index (χ0v) is 14.8. The number of carboxylic acids is 1. The van der Waals surface area contributed by atoms with E-state index in [4.69, 9.17) is 5.11 Å². The third-order valence-corrected chi connectivity index (χ3v) is 4.31. The Morgan fingerprint density at radius 3 is 2.38 bits per heavy atom. The molecule has 0 saturated carbocycles. The number of carbonyl (C=O) groups is 2. The van der Waals surface area contributed by atoms with Gasteiger partial charge in [-0.15, -0.1) is 0 Å². The SMILES string of the molecule is COC(=O)C=Cc1cc(C)c(-c2cc3ccc(C(=O)O)cc3[nH]2)c(C)c1. The number of aryl methyl sites for hydroxylation is 2. The maximum absolute atomic E-state index is 11.3. The highest BCUT2D eigenvalue weighted by Crippen LogP contribution is 2.31. The molecule has 0 unspecified atom stereocenters. The van der Waals surface area contributed by atoms with E-state index >= 15 is 0 Å². The fourth-order valence-corrected chi connectivity index (χ4v) is 3.15. The summed E-state index contributed by atoms with van der Waals surface area (Å²) in [6.07, 6.45) is 3.12. The van der Waals surface area contributed by atoms with Crippen molar-refractivity contribution in [3.63, 3.8) is 0 Å². The van der Waals surface area contributed by atoms with Gasteiger partial charge in [-0.25, -0.2) is 9.59 Å². The fourth-order valence-electron chi connectivity index (χ4n) is 3.15. The van der Waals surface area contributed by atoms with Crippen molar-refractivity contribution in [1.82, 2.24) is 4.98 Å². The highest BCUT2D eigenvalue weighted by molar-refractivity contribution is 5.95. The van der Waals surface area contributed by atoms with Gasteiger partial charge < -0.3 is 14.8 Å². The summed E-state index contributed by atoms with van der Waals surface area (Å²) in [5, 5.41) is 10.1. The number of fused-ring (bicyclic) bond motifs is 1. The molecular weight excluding hydrogens is 330 g/mol. The second-order valence-electron chi connectivity index (χ2n) is 6.18. The molecule has 0 fully saturated rings. The van der Waals surface area contributed by atoms with E-state index < -0.39 is 11.9 Å². The van der Waals surface area contributed by atoms with Crippen molar-refractivity contribution >= 4 is 28.9 Å². The molecule has 132 valence electrons. The predicted octanol–water partition coefficient (Wildman–Crippen LogP) is 4.34. The van der Waals surface area contributed by atoms with Gasteiger partial charge in [0, 0.05) is 28.2 Å². The summed E-state index contributed by atoms with van der Waals surface area (Å²) in [7, 11) is 1.35. The van der Waals surface area contributed by atoms with Crippen molar-refractivity contribution in [1.29, 1.82) is 0 Å². The fraction of sp³-hybridized carbons (Fsp3) is 0.143. The Morgan fingerprint density at radius 2 is 1.77 bits per heavy atom. The van der Waals surface area contributed by atoms with Crippen LogP contribution in [0.15, 0.2) is 42.5 Å². The summed E-state index contributed by atoms with van der Waals surface area (Å²) >= 11 is 0. The Bertz CT molecular complexity index is 1020. The van der Waals surface area contributed by atoms with Crippen LogP contribution in [0, 0.1) is 13.8 Å². The highest BCUT2D eigenvalue weighted by atomic mass is 16.5. The first kappa shape index (κ1) is 17.5. The number of aromatic carboxylic acids is 1. The third-order valence-electron chi connectivity index (χ3n) is 4.31. The van der Waals surface area contributed by atoms with Crippen LogP contribution < -0.4 is 0 Å². The Balaban J connectivity index is 2.03. The number of methoxy groups -OCH3 is 1. The molecule has 5 nitrogen and oxygen atoms in total. The van der Waals surface area contributed by atoms with Gasteiger partial charge in [0.2, 0.25) is 0 Å². The van der Waals surface area contributed by atoms with E-state index in [1.165, 1.54) is 13.2 Å². The quantitative estimate of drug-likeness (QED) is 0.542. The van der Waals surface area contributed by atoms with Gasteiger partial charge in [0.05, 0.1) is 12.7 Å². The smallest absolute Gasteiger partial charge is 0.335 e. The van der Waals surface area contributed by atoms with Crippen LogP contribution in [0.3, 0.4) is 0 Å². The summed E-state index contributed by atoms with van der Waals surface area (Å²) < 4.78 is 4.61. The van der Waals surface area contributed by atoms with Crippen LogP contribution >= 0.6 is 0 Å². The topological polar surface area (TPSA) is 79.4 Å². The molecule has 1 heterocycles. The van der Waals surface area contributed by atoms with Gasteiger partial charge >= 0.3 is 11.9 Å². The second-order valence-corrected chi connectivity index (χ2v) is 6.18. The first-order valence-corrected chi connectivity index (χ1v) is 8.12. The van der Waals surface area contributed by atoms with Gasteiger partial charge in [0.15, 0.2) is 0 Å². The van der Waals surface area contributed by atoms with E-state index in [-0.39, 0.29) is 5.56 Å². The van der Waals surface area contributed by atoms with E-state index in [0.717, 1.165) is 38.9 Å². The number of benzene rings is 2. The second kappa shape index (κ2) is 6.88. The number of H-pyrrole nitrogens is 1. The van der Waals surface area contributed by atoms with Gasteiger partial charge in [-0.3, -0.25) is 0 Å². The molecule has 0 bridgehead atoms. The number of carbonyl (C=O) groups excluding carboxylic acids is 1. The number of nitrogens with one attached hydrogen (secondary N) is 1. The van der Waals surface area contributed by atoms with Crippen LogP contribution in [0.2, 0.25) is 0 Å². The largest absolute Gasteiger partial charge is 0.478 e. The van der Waals surface area contributed by atoms with Crippen molar-refractivity contribution in [2.24, 2.45) is 0 Å². The van der Waals surface area contributed by atoms with Crippen molar-refractivity contribution in [3.8, 4) is 11.3 Å². The molecule has 5 heteroatoms. The number of rotatable bonds is 4. The van der Waals surface area contributed by atoms with E-state index in [2.05, 4.69) is 9.72 Å². The molecule has 2 aromatic carbocycles. The Hall–Kier alpha value is -3.34. The summed E-state index contributed by atoms with van der Waals surface area (Å²) in [6, 6.07) is 11.0. The minimum atomic E-state index is -0.947. The average molecular weight is 349 g/mol. The lowest BCUT2D eigenvalue weighted by Gasteiger charge is -2.10. The monoisotopic (exact) mass is 349 g/mol. The maximum Gasteiger partial charge on any atom is 0.335 e. The first-order chi connectivity index (χ1) is 12.4. The summed E-state index contributed by atoms with van der Waals surface area (Å²) in [5.41, 5.74) is 6.06. The minimum absolute atomic E-state index is 0.252. The van der Waals surface area contributed by atoms with Crippen molar-refractivity contribution < 1.29 is 19.4 Å². The van der Waals surface area contributed by atoms with Gasteiger partial charge in [-0.1, -0.05) is 18.2 Å². The Morgan fingerprint density at radius 1 is 1.08 bits per heavy atom. The van der Waals surface area contributed by atoms with Crippen molar-refractivity contribution in [2.45, 2.75) is 13.8 Å². The molecule has 26 heavy (non-hydrogen) atoms. The lowest BCUT2D eigenvalue weighted by Crippen LogP contribution is -1.95. The number of aromatic amines is 1. The van der Waals surface area contributed by atoms with Gasteiger partial charge in [-0.2, -0.15) is 0 Å². The Labute approximate surface area is 150 Å². The van der Waals surface area contributed by atoms with Crippen molar-refractivity contribution in [2.75, 3.05) is 7.11 Å². The molecule has 0 aliphatic rings. The lowest BCUT2D eigenvalue weighted by atomic mass is 9.96. The van der Waals surface area contributed by atoms with Gasteiger partial charge in [0.1, 0.15) is 0 Å². The molecule has 3 aromatic rings. The molecule has 0 atom stereocenters. The van der Waals surface area contributed by atoms with Crippen LogP contribution in [0.25, 0.3) is 28.2 Å². The first-order valence-electron chi connectivity index (χ1n) is 8.12. The molecule has 1 aromatic heterocycles. The summed E-state index contributed by atoms with van der Waals surface area (Å²) in [4.78, 5) is 25.7. The number of esters is 1. The molecule has 2 N–H and O–H groups in total. The van der Waals surface area contributed by atoms with Gasteiger partial charge in [0.25, 0.3) is 0 Å². The molecule has 0 radical (unpaired) electrons. The van der Waals surface area contributed by atoms with E-state index in [1.54, 1.807) is 24.3 Å². The van der Waals surface area contributed by atoms with Crippen LogP contribution in [-0.2, 0) is 9.53 Å². The molecule has 0 amide bonds. The van der Waals surface area contributed by atoms with Crippen molar-refractivity contribution in [3.05, 3.63) is 64.7 Å². The molecular formula is C21H19NO4. The lowest BCUT2D eigenvalue weighted by molar-refractivity contribution is -0.134. The summed E-state index contributed by atoms with van der Waals surface area (Å²) in [5.74, 6) is -1.34. The normalized spacial score (nSPS) is 11.2. The average Bonchev–Trinajstić information content (AvgIpc) is 3.01. The van der Waals surface area contributed by atoms with Crippen LogP contribution in [0.5, 0.6) is 0 Å². The van der Waals surface area contributed by atoms with Gasteiger partial charge in [-0.05, 0) is 54.8 Å². The zero-order valence-electron chi connectivity index (χ0n) is 14.8. The van der Waals surface area contributed by atoms with Crippen LogP contribution in [-0.4, -0.2) is 29.1 Å².